The molecule has 2 aromatic rings. The summed E-state index contributed by atoms with van der Waals surface area (Å²) in [5.74, 6) is 0. The molecule has 0 unspecified atom stereocenters. The van der Waals surface area contributed by atoms with Crippen LogP contribution in [-0.4, -0.2) is 6.54 Å². The van der Waals surface area contributed by atoms with Crippen LogP contribution in [0.1, 0.15) is 36.4 Å². The Morgan fingerprint density at radius 3 is 2.37 bits per heavy atom. The number of aryl methyl sites for hydroxylation is 1. The minimum atomic E-state index is 0. The summed E-state index contributed by atoms with van der Waals surface area (Å²) in [7, 11) is 0. The molecule has 0 aliphatic heterocycles. The Bertz CT molecular complexity index is 525. The first-order chi connectivity index (χ1) is 8.74. The van der Waals surface area contributed by atoms with Crippen LogP contribution in [0.3, 0.4) is 0 Å². The van der Waals surface area contributed by atoms with Gasteiger partial charge in [0.25, 0.3) is 0 Å². The molecule has 2 rings (SSSR count). The van der Waals surface area contributed by atoms with E-state index < -0.39 is 0 Å². The Balaban J connectivity index is 0.00000180. The summed E-state index contributed by atoms with van der Waals surface area (Å²) in [5, 5.41) is 2.60. The molecular weight excluding hydrogens is 256 g/mol. The number of nitrogens with two attached hydrogens (primary N) is 2. The summed E-state index contributed by atoms with van der Waals surface area (Å²) in [6, 6.07) is 12.9. The summed E-state index contributed by atoms with van der Waals surface area (Å²) in [6.07, 6.45) is 3.15. The molecule has 0 saturated carbocycles. The third kappa shape index (κ3) is 3.69. The van der Waals surface area contributed by atoms with Crippen molar-refractivity contribution in [1.82, 2.24) is 0 Å². The zero-order chi connectivity index (χ0) is 13.0. The second-order valence-corrected chi connectivity index (χ2v) is 4.91. The maximum Gasteiger partial charge on any atom is 0.0301 e. The molecule has 104 valence electrons. The predicted molar refractivity (Wildman–Crippen MR) is 85.8 cm³/mol. The lowest BCUT2D eigenvalue weighted by molar-refractivity contribution is 0.594. The highest BCUT2D eigenvalue weighted by molar-refractivity contribution is 5.88. The van der Waals surface area contributed by atoms with E-state index in [-0.39, 0.29) is 18.4 Å². The third-order valence-electron chi connectivity index (χ3n) is 3.54. The summed E-state index contributed by atoms with van der Waals surface area (Å²) in [6.45, 7) is 2.90. The van der Waals surface area contributed by atoms with Crippen LogP contribution in [0.5, 0.6) is 0 Å². The number of fused-ring (bicyclic) bond motifs is 1. The number of halogens is 1. The smallest absolute Gasteiger partial charge is 0.0301 e. The van der Waals surface area contributed by atoms with Gasteiger partial charge in [0.2, 0.25) is 0 Å². The van der Waals surface area contributed by atoms with Crippen LogP contribution in [0.25, 0.3) is 10.8 Å². The van der Waals surface area contributed by atoms with Crippen molar-refractivity contribution in [2.75, 3.05) is 6.54 Å². The minimum absolute atomic E-state index is 0. The molecule has 0 bridgehead atoms. The highest BCUT2D eigenvalue weighted by Gasteiger charge is 2.10. The maximum atomic E-state index is 6.31. The molecule has 2 nitrogen and oxygen atoms in total. The van der Waals surface area contributed by atoms with E-state index >= 15 is 0 Å². The summed E-state index contributed by atoms with van der Waals surface area (Å²) in [4.78, 5) is 0. The molecule has 2 aromatic carbocycles. The van der Waals surface area contributed by atoms with Crippen LogP contribution in [0.2, 0.25) is 0 Å². The molecule has 0 fully saturated rings. The second-order valence-electron chi connectivity index (χ2n) is 4.91. The van der Waals surface area contributed by atoms with Gasteiger partial charge >= 0.3 is 0 Å². The van der Waals surface area contributed by atoms with Crippen LogP contribution in [0.15, 0.2) is 36.4 Å². The zero-order valence-electron chi connectivity index (χ0n) is 11.4. The fraction of sp³-hybridized carbons (Fsp3) is 0.375. The number of benzene rings is 2. The first-order valence-corrected chi connectivity index (χ1v) is 6.68. The van der Waals surface area contributed by atoms with Gasteiger partial charge < -0.3 is 11.5 Å². The van der Waals surface area contributed by atoms with Gasteiger partial charge in [0.15, 0.2) is 0 Å². The number of hydrogen-bond donors (Lipinski definition) is 2. The van der Waals surface area contributed by atoms with Gasteiger partial charge in [-0.3, -0.25) is 0 Å². The predicted octanol–water partition coefficient (Wildman–Crippen LogP) is 3.70. The van der Waals surface area contributed by atoms with E-state index in [9.17, 15) is 0 Å². The second kappa shape index (κ2) is 7.49. The first kappa shape index (κ1) is 16.0. The number of hydrogen-bond acceptors (Lipinski definition) is 2. The average Bonchev–Trinajstić information content (AvgIpc) is 2.39. The van der Waals surface area contributed by atoms with Gasteiger partial charge in [-0.1, -0.05) is 42.8 Å². The molecule has 0 saturated heterocycles. The lowest BCUT2D eigenvalue weighted by Gasteiger charge is -2.15. The van der Waals surface area contributed by atoms with Crippen molar-refractivity contribution >= 4 is 23.2 Å². The van der Waals surface area contributed by atoms with Crippen LogP contribution in [-0.2, 0) is 0 Å². The van der Waals surface area contributed by atoms with Gasteiger partial charge in [-0.25, -0.2) is 0 Å². The van der Waals surface area contributed by atoms with Gasteiger partial charge in [-0.2, -0.15) is 0 Å². The zero-order valence-corrected chi connectivity index (χ0v) is 12.2. The Labute approximate surface area is 121 Å². The van der Waals surface area contributed by atoms with Crippen molar-refractivity contribution in [3.63, 3.8) is 0 Å². The largest absolute Gasteiger partial charge is 0.330 e. The van der Waals surface area contributed by atoms with E-state index in [0.29, 0.717) is 0 Å². The van der Waals surface area contributed by atoms with Gasteiger partial charge in [0.1, 0.15) is 0 Å². The van der Waals surface area contributed by atoms with E-state index in [1.54, 1.807) is 0 Å². The Morgan fingerprint density at radius 2 is 1.68 bits per heavy atom. The van der Waals surface area contributed by atoms with Gasteiger partial charge in [-0.15, -0.1) is 12.4 Å². The van der Waals surface area contributed by atoms with Crippen LogP contribution in [0, 0.1) is 6.92 Å². The van der Waals surface area contributed by atoms with Crippen molar-refractivity contribution in [2.24, 2.45) is 11.5 Å². The molecule has 0 amide bonds. The fourth-order valence-corrected chi connectivity index (χ4v) is 2.46. The lowest BCUT2D eigenvalue weighted by atomic mass is 9.94. The summed E-state index contributed by atoms with van der Waals surface area (Å²) in [5.41, 5.74) is 14.4. The van der Waals surface area contributed by atoms with E-state index in [1.165, 1.54) is 21.9 Å². The van der Waals surface area contributed by atoms with Gasteiger partial charge in [0, 0.05) is 6.04 Å². The van der Waals surface area contributed by atoms with E-state index in [0.717, 1.165) is 25.8 Å². The van der Waals surface area contributed by atoms with E-state index in [1.807, 2.05) is 0 Å². The third-order valence-corrected chi connectivity index (χ3v) is 3.54. The standard InChI is InChI=1S/C16H22N2.ClH/c1-12-9-10-15(16(18)8-4-5-11-17)14-7-3-2-6-13(12)14;/h2-3,6-7,9-10,16H,4-5,8,11,17-18H2,1H3;1H/t16-;/m1./s1. The fourth-order valence-electron chi connectivity index (χ4n) is 2.46. The average molecular weight is 279 g/mol. The van der Waals surface area contributed by atoms with Gasteiger partial charge in [0.05, 0.1) is 0 Å². The molecule has 0 spiro atoms. The monoisotopic (exact) mass is 278 g/mol. The molecule has 19 heavy (non-hydrogen) atoms. The topological polar surface area (TPSA) is 52.0 Å². The molecular formula is C16H23ClN2. The molecule has 0 aliphatic carbocycles. The van der Waals surface area contributed by atoms with E-state index in [4.69, 9.17) is 11.5 Å². The van der Waals surface area contributed by atoms with E-state index in [2.05, 4.69) is 43.3 Å². The molecule has 3 heteroatoms. The van der Waals surface area contributed by atoms with Gasteiger partial charge in [-0.05, 0) is 48.2 Å². The van der Waals surface area contributed by atoms with Crippen LogP contribution in [0.4, 0.5) is 0 Å². The first-order valence-electron chi connectivity index (χ1n) is 6.68. The normalized spacial score (nSPS) is 12.2. The highest BCUT2D eigenvalue weighted by atomic mass is 35.5. The molecule has 1 atom stereocenters. The van der Waals surface area contributed by atoms with Crippen molar-refractivity contribution in [1.29, 1.82) is 0 Å². The molecule has 0 heterocycles. The number of rotatable bonds is 5. The Hall–Kier alpha value is -1.09. The highest BCUT2D eigenvalue weighted by Crippen LogP contribution is 2.28. The van der Waals surface area contributed by atoms with Crippen molar-refractivity contribution in [2.45, 2.75) is 32.2 Å². The quantitative estimate of drug-likeness (QED) is 0.820. The van der Waals surface area contributed by atoms with Crippen LogP contribution < -0.4 is 11.5 Å². The number of unbranched alkanes of at least 4 members (excludes halogenated alkanes) is 1. The molecule has 4 N–H and O–H groups in total. The molecule has 0 aliphatic rings. The lowest BCUT2D eigenvalue weighted by Crippen LogP contribution is -2.11. The summed E-state index contributed by atoms with van der Waals surface area (Å²) >= 11 is 0. The molecule has 0 aromatic heterocycles. The summed E-state index contributed by atoms with van der Waals surface area (Å²) < 4.78 is 0. The maximum absolute atomic E-state index is 6.31. The van der Waals surface area contributed by atoms with Crippen LogP contribution >= 0.6 is 12.4 Å². The minimum Gasteiger partial charge on any atom is -0.330 e. The van der Waals surface area contributed by atoms with Crippen molar-refractivity contribution < 1.29 is 0 Å². The SMILES string of the molecule is Cc1ccc([C@H](N)CCCCN)c2ccccc12.Cl. The van der Waals surface area contributed by atoms with Crippen molar-refractivity contribution in [3.8, 4) is 0 Å². The Morgan fingerprint density at radius 1 is 1.00 bits per heavy atom. The molecule has 0 radical (unpaired) electrons. The van der Waals surface area contributed by atoms with Crippen molar-refractivity contribution in [3.05, 3.63) is 47.5 Å². The Kier molecular flexibility index (Phi) is 6.29.